The summed E-state index contributed by atoms with van der Waals surface area (Å²) in [7, 11) is 0. The lowest BCUT2D eigenvalue weighted by Gasteiger charge is -2.00. The first-order chi connectivity index (χ1) is 6.65. The fourth-order valence-electron chi connectivity index (χ4n) is 0.726. The summed E-state index contributed by atoms with van der Waals surface area (Å²) in [6.45, 7) is 3.95. The van der Waals surface area contributed by atoms with E-state index in [9.17, 15) is 10.1 Å². The normalized spacial score (nSPS) is 9.50. The minimum absolute atomic E-state index is 0.184. The highest BCUT2D eigenvalue weighted by Gasteiger charge is 2.14. The van der Waals surface area contributed by atoms with E-state index in [1.54, 1.807) is 6.08 Å². The molecule has 0 saturated heterocycles. The van der Waals surface area contributed by atoms with Gasteiger partial charge in [0.15, 0.2) is 0 Å². The average molecular weight is 215 g/mol. The van der Waals surface area contributed by atoms with Crippen LogP contribution in [0.1, 0.15) is 0 Å². The summed E-state index contributed by atoms with van der Waals surface area (Å²) in [4.78, 5) is 17.1. The quantitative estimate of drug-likeness (QED) is 0.357. The van der Waals surface area contributed by atoms with Gasteiger partial charge in [-0.05, 0) is 0 Å². The molecule has 0 radical (unpaired) electrons. The van der Waals surface area contributed by atoms with Crippen LogP contribution in [0.4, 0.5) is 11.6 Å². The zero-order valence-electron chi connectivity index (χ0n) is 7.11. The molecule has 1 aromatic heterocycles. The van der Waals surface area contributed by atoms with Crippen molar-refractivity contribution in [1.82, 2.24) is 9.97 Å². The summed E-state index contributed by atoms with van der Waals surface area (Å²) >= 11 is 5.54. The highest BCUT2D eigenvalue weighted by molar-refractivity contribution is 6.31. The van der Waals surface area contributed by atoms with Crippen LogP contribution in [0.2, 0.25) is 5.15 Å². The maximum atomic E-state index is 10.4. The van der Waals surface area contributed by atoms with E-state index < -0.39 is 4.92 Å². The van der Waals surface area contributed by atoms with Gasteiger partial charge in [0.2, 0.25) is 11.1 Å². The highest BCUT2D eigenvalue weighted by atomic mass is 35.5. The van der Waals surface area contributed by atoms with Crippen LogP contribution in [0.5, 0.6) is 0 Å². The second-order valence-electron chi connectivity index (χ2n) is 2.30. The smallest absolute Gasteiger partial charge is 0.324 e. The molecule has 0 spiro atoms. The molecule has 0 aliphatic carbocycles. The van der Waals surface area contributed by atoms with Crippen molar-refractivity contribution in [3.05, 3.63) is 34.1 Å². The minimum atomic E-state index is -0.639. The second-order valence-corrected chi connectivity index (χ2v) is 2.65. The van der Waals surface area contributed by atoms with Crippen molar-refractivity contribution in [3.8, 4) is 0 Å². The molecule has 0 unspecified atom stereocenters. The van der Waals surface area contributed by atoms with Crippen molar-refractivity contribution in [2.75, 3.05) is 11.9 Å². The second kappa shape index (κ2) is 4.52. The lowest BCUT2D eigenvalue weighted by atomic mass is 10.5. The van der Waals surface area contributed by atoms with Gasteiger partial charge in [0.25, 0.3) is 0 Å². The van der Waals surface area contributed by atoms with Crippen LogP contribution >= 0.6 is 11.6 Å². The van der Waals surface area contributed by atoms with E-state index in [4.69, 9.17) is 11.6 Å². The van der Waals surface area contributed by atoms with Gasteiger partial charge in [-0.1, -0.05) is 17.7 Å². The number of anilines is 1. The van der Waals surface area contributed by atoms with Crippen LogP contribution in [0.15, 0.2) is 18.9 Å². The van der Waals surface area contributed by atoms with Gasteiger partial charge in [-0.25, -0.2) is 4.98 Å². The van der Waals surface area contributed by atoms with Crippen molar-refractivity contribution in [2.45, 2.75) is 0 Å². The molecule has 1 N–H and O–H groups in total. The van der Waals surface area contributed by atoms with Crippen LogP contribution < -0.4 is 5.32 Å². The predicted octanol–water partition coefficient (Wildman–Crippen LogP) is 1.64. The fourth-order valence-corrected chi connectivity index (χ4v) is 0.924. The number of nitrogens with zero attached hydrogens (tertiary/aromatic N) is 3. The Morgan fingerprint density at radius 1 is 1.79 bits per heavy atom. The Bertz CT molecular complexity index is 369. The van der Waals surface area contributed by atoms with Gasteiger partial charge in [0.05, 0.1) is 4.92 Å². The molecule has 6 nitrogen and oxygen atoms in total. The Labute approximate surface area is 84.8 Å². The molecule has 14 heavy (non-hydrogen) atoms. The van der Waals surface area contributed by atoms with Crippen molar-refractivity contribution < 1.29 is 4.92 Å². The van der Waals surface area contributed by atoms with Crippen LogP contribution in [0, 0.1) is 10.1 Å². The first-order valence-electron chi connectivity index (χ1n) is 3.67. The number of nitro groups is 1. The van der Waals surface area contributed by atoms with Crippen molar-refractivity contribution in [2.24, 2.45) is 0 Å². The monoisotopic (exact) mass is 214 g/mol. The Balaban J connectivity index is 2.88. The first-order valence-corrected chi connectivity index (χ1v) is 4.04. The van der Waals surface area contributed by atoms with E-state index >= 15 is 0 Å². The summed E-state index contributed by atoms with van der Waals surface area (Å²) in [5, 5.41) is 12.9. The molecule has 0 fully saturated rings. The highest BCUT2D eigenvalue weighted by Crippen LogP contribution is 2.21. The standard InChI is InChI=1S/C7H7ClN4O2/c1-2-3-9-7-10-4-5(12(13)14)6(8)11-7/h2,4H,1,3H2,(H,9,10,11). The summed E-state index contributed by atoms with van der Waals surface area (Å²) in [5.74, 6) is 0.237. The van der Waals surface area contributed by atoms with E-state index in [0.717, 1.165) is 6.20 Å². The Kier molecular flexibility index (Phi) is 3.35. The molecule has 0 saturated carbocycles. The van der Waals surface area contributed by atoms with Crippen LogP contribution in [0.25, 0.3) is 0 Å². The number of halogens is 1. The van der Waals surface area contributed by atoms with Gasteiger partial charge in [-0.3, -0.25) is 10.1 Å². The fraction of sp³-hybridized carbons (Fsp3) is 0.143. The number of hydrogen-bond donors (Lipinski definition) is 1. The minimum Gasteiger partial charge on any atom is -0.351 e. The van der Waals surface area contributed by atoms with Crippen LogP contribution in [-0.2, 0) is 0 Å². The van der Waals surface area contributed by atoms with Crippen molar-refractivity contribution in [1.29, 1.82) is 0 Å². The largest absolute Gasteiger partial charge is 0.351 e. The molecule has 74 valence electrons. The third-order valence-corrected chi connectivity index (χ3v) is 1.60. The SMILES string of the molecule is C=CCNc1ncc([N+](=O)[O-])c(Cl)n1. The van der Waals surface area contributed by atoms with Crippen LogP contribution in [0.3, 0.4) is 0 Å². The summed E-state index contributed by atoms with van der Waals surface area (Å²) in [6, 6.07) is 0. The van der Waals surface area contributed by atoms with Gasteiger partial charge in [-0.2, -0.15) is 4.98 Å². The number of aromatic nitrogens is 2. The number of hydrogen-bond acceptors (Lipinski definition) is 5. The number of nitrogens with one attached hydrogen (secondary N) is 1. The molecule has 1 rings (SSSR count). The molecule has 0 aromatic carbocycles. The third kappa shape index (κ3) is 2.40. The summed E-state index contributed by atoms with van der Waals surface area (Å²) in [6.07, 6.45) is 2.67. The van der Waals surface area contributed by atoms with E-state index in [-0.39, 0.29) is 16.8 Å². The van der Waals surface area contributed by atoms with Gasteiger partial charge in [-0.15, -0.1) is 6.58 Å². The van der Waals surface area contributed by atoms with Crippen molar-refractivity contribution >= 4 is 23.2 Å². The van der Waals surface area contributed by atoms with Crippen molar-refractivity contribution in [3.63, 3.8) is 0 Å². The zero-order valence-corrected chi connectivity index (χ0v) is 7.86. The summed E-state index contributed by atoms with van der Waals surface area (Å²) in [5.41, 5.74) is -0.309. The third-order valence-electron chi connectivity index (χ3n) is 1.33. The average Bonchev–Trinajstić information content (AvgIpc) is 2.14. The van der Waals surface area contributed by atoms with E-state index in [1.165, 1.54) is 0 Å². The Morgan fingerprint density at radius 2 is 2.50 bits per heavy atom. The predicted molar refractivity (Wildman–Crippen MR) is 52.4 cm³/mol. The zero-order chi connectivity index (χ0) is 10.6. The molecule has 0 bridgehead atoms. The van der Waals surface area contributed by atoms with Crippen LogP contribution in [-0.4, -0.2) is 21.4 Å². The van der Waals surface area contributed by atoms with E-state index in [1.807, 2.05) is 0 Å². The first kappa shape index (κ1) is 10.4. The Morgan fingerprint density at radius 3 is 3.00 bits per heavy atom. The molecule has 0 atom stereocenters. The van der Waals surface area contributed by atoms with Gasteiger partial charge < -0.3 is 5.32 Å². The maximum absolute atomic E-state index is 10.4. The maximum Gasteiger partial charge on any atom is 0.324 e. The topological polar surface area (TPSA) is 81.0 Å². The molecular weight excluding hydrogens is 208 g/mol. The van der Waals surface area contributed by atoms with Gasteiger partial charge in [0.1, 0.15) is 6.20 Å². The number of rotatable bonds is 4. The molecule has 0 aliphatic heterocycles. The van der Waals surface area contributed by atoms with Gasteiger partial charge in [0, 0.05) is 6.54 Å². The van der Waals surface area contributed by atoms with E-state index in [2.05, 4.69) is 21.9 Å². The molecule has 1 heterocycles. The molecule has 1 aromatic rings. The molecule has 0 amide bonds. The summed E-state index contributed by atoms with van der Waals surface area (Å²) < 4.78 is 0. The molecular formula is C7H7ClN4O2. The van der Waals surface area contributed by atoms with E-state index in [0.29, 0.717) is 6.54 Å². The Hall–Kier alpha value is -1.69. The molecule has 0 aliphatic rings. The van der Waals surface area contributed by atoms with Gasteiger partial charge >= 0.3 is 5.69 Å². The molecule has 7 heteroatoms. The lowest BCUT2D eigenvalue weighted by molar-refractivity contribution is -0.385. The lowest BCUT2D eigenvalue weighted by Crippen LogP contribution is -2.04.